The molecular weight excluding hydrogens is 322 g/mol. The molecule has 4 nitrogen and oxygen atoms in total. The van der Waals surface area contributed by atoms with Gasteiger partial charge in [0.15, 0.2) is 0 Å². The second-order valence-corrected chi connectivity index (χ2v) is 10.5. The first kappa shape index (κ1) is 16.6. The fraction of sp³-hybridized carbons (Fsp3) is 0.682. The number of aryl methyl sites for hydroxylation is 2. The van der Waals surface area contributed by atoms with E-state index in [2.05, 4.69) is 37.4 Å². The second kappa shape index (κ2) is 5.03. The van der Waals surface area contributed by atoms with Crippen molar-refractivity contribution in [3.05, 3.63) is 34.2 Å². The Morgan fingerprint density at radius 2 is 1.65 bits per heavy atom. The van der Waals surface area contributed by atoms with Crippen LogP contribution in [-0.4, -0.2) is 14.7 Å². The van der Waals surface area contributed by atoms with Gasteiger partial charge in [-0.05, 0) is 73.0 Å². The van der Waals surface area contributed by atoms with E-state index in [4.69, 9.17) is 0 Å². The van der Waals surface area contributed by atoms with E-state index < -0.39 is 0 Å². The molecule has 2 aromatic rings. The van der Waals surface area contributed by atoms with Crippen LogP contribution < -0.4 is 11.0 Å². The van der Waals surface area contributed by atoms with Crippen molar-refractivity contribution in [2.45, 2.75) is 64.5 Å². The van der Waals surface area contributed by atoms with Crippen molar-refractivity contribution in [2.75, 3.05) is 0 Å². The SMILES string of the molecule is Cn1c(=O)n(C)c2cc(CNC34CC5C[C@@](C)(C3)C[C@](C)(C5)C4)ccc21. The fourth-order valence-electron chi connectivity index (χ4n) is 7.60. The van der Waals surface area contributed by atoms with Crippen molar-refractivity contribution in [3.63, 3.8) is 0 Å². The molecule has 2 unspecified atom stereocenters. The molecule has 0 spiro atoms. The molecule has 26 heavy (non-hydrogen) atoms. The number of rotatable bonds is 3. The Bertz CT molecular complexity index is 934. The number of hydrogen-bond acceptors (Lipinski definition) is 2. The number of benzene rings is 1. The third-order valence-corrected chi connectivity index (χ3v) is 7.63. The van der Waals surface area contributed by atoms with Crippen molar-refractivity contribution in [3.8, 4) is 0 Å². The molecule has 4 fully saturated rings. The Balaban J connectivity index is 1.42. The smallest absolute Gasteiger partial charge is 0.307 e. The molecule has 0 amide bonds. The lowest BCUT2D eigenvalue weighted by Gasteiger charge is -2.65. The van der Waals surface area contributed by atoms with Crippen LogP contribution in [0.3, 0.4) is 0 Å². The Morgan fingerprint density at radius 3 is 2.31 bits per heavy atom. The number of nitrogens with one attached hydrogen (secondary N) is 1. The zero-order chi connectivity index (χ0) is 18.3. The van der Waals surface area contributed by atoms with Gasteiger partial charge in [-0.15, -0.1) is 0 Å². The zero-order valence-corrected chi connectivity index (χ0v) is 16.6. The molecule has 1 aromatic carbocycles. The molecule has 4 atom stereocenters. The zero-order valence-electron chi connectivity index (χ0n) is 16.6. The first-order valence-corrected chi connectivity index (χ1v) is 10.1. The monoisotopic (exact) mass is 353 g/mol. The first-order chi connectivity index (χ1) is 12.2. The second-order valence-electron chi connectivity index (χ2n) is 10.5. The summed E-state index contributed by atoms with van der Waals surface area (Å²) < 4.78 is 3.49. The highest BCUT2D eigenvalue weighted by Gasteiger charge is 2.59. The van der Waals surface area contributed by atoms with Crippen LogP contribution in [0.4, 0.5) is 0 Å². The lowest BCUT2D eigenvalue weighted by atomic mass is 9.43. The molecular formula is C22H31N3O. The van der Waals surface area contributed by atoms with Crippen molar-refractivity contribution < 1.29 is 0 Å². The predicted octanol–water partition coefficient (Wildman–Crippen LogP) is 3.72. The van der Waals surface area contributed by atoms with Crippen molar-refractivity contribution in [2.24, 2.45) is 30.8 Å². The third-order valence-electron chi connectivity index (χ3n) is 7.63. The quantitative estimate of drug-likeness (QED) is 0.913. The normalized spacial score (nSPS) is 38.4. The van der Waals surface area contributed by atoms with Crippen LogP contribution in [0.25, 0.3) is 11.0 Å². The number of hydrogen-bond donors (Lipinski definition) is 1. The molecule has 1 N–H and O–H groups in total. The largest absolute Gasteiger partial charge is 0.328 e. The minimum absolute atomic E-state index is 0.0482. The Hall–Kier alpha value is -1.55. The maximum absolute atomic E-state index is 12.2. The molecule has 140 valence electrons. The number of nitrogens with zero attached hydrogens (tertiary/aromatic N) is 2. The number of imidazole rings is 1. The molecule has 4 heteroatoms. The van der Waals surface area contributed by atoms with Crippen LogP contribution >= 0.6 is 0 Å². The summed E-state index contributed by atoms with van der Waals surface area (Å²) in [6.45, 7) is 5.95. The fourth-order valence-corrected chi connectivity index (χ4v) is 7.60. The van der Waals surface area contributed by atoms with Crippen LogP contribution in [0.5, 0.6) is 0 Å². The first-order valence-electron chi connectivity index (χ1n) is 10.1. The standard InChI is InChI=1S/C22H31N3O/c1-20-8-16-9-21(2,12-20)14-22(10-16,13-20)23-11-15-5-6-17-18(7-15)25(4)19(26)24(17)3/h5-7,16,23H,8-14H2,1-4H3/t16?,20-,21+,22?. The summed E-state index contributed by atoms with van der Waals surface area (Å²) in [7, 11) is 3.71. The average molecular weight is 354 g/mol. The van der Waals surface area contributed by atoms with E-state index in [1.165, 1.54) is 44.1 Å². The highest BCUT2D eigenvalue weighted by molar-refractivity contribution is 5.76. The molecule has 6 rings (SSSR count). The van der Waals surface area contributed by atoms with E-state index in [1.54, 1.807) is 9.13 Å². The Morgan fingerprint density at radius 1 is 1.00 bits per heavy atom. The molecule has 4 aliphatic rings. The van der Waals surface area contributed by atoms with Gasteiger partial charge in [-0.3, -0.25) is 9.13 Å². The maximum atomic E-state index is 12.2. The highest BCUT2D eigenvalue weighted by Crippen LogP contribution is 2.66. The molecule has 4 aliphatic carbocycles. The predicted molar refractivity (Wildman–Crippen MR) is 105 cm³/mol. The molecule has 0 radical (unpaired) electrons. The van der Waals surface area contributed by atoms with Gasteiger partial charge in [-0.2, -0.15) is 0 Å². The van der Waals surface area contributed by atoms with Gasteiger partial charge >= 0.3 is 5.69 Å². The van der Waals surface area contributed by atoms with Crippen LogP contribution in [0.15, 0.2) is 23.0 Å². The molecule has 4 bridgehead atoms. The minimum atomic E-state index is 0.0482. The summed E-state index contributed by atoms with van der Waals surface area (Å²) in [6.07, 6.45) is 8.30. The average Bonchev–Trinajstić information content (AvgIpc) is 2.74. The van der Waals surface area contributed by atoms with Crippen LogP contribution in [0, 0.1) is 16.7 Å². The number of aromatic nitrogens is 2. The third kappa shape index (κ3) is 2.34. The van der Waals surface area contributed by atoms with Gasteiger partial charge in [-0.1, -0.05) is 19.9 Å². The summed E-state index contributed by atoms with van der Waals surface area (Å²) >= 11 is 0. The topological polar surface area (TPSA) is 39.0 Å². The Kier molecular flexibility index (Phi) is 3.22. The van der Waals surface area contributed by atoms with Gasteiger partial charge in [0.05, 0.1) is 11.0 Å². The van der Waals surface area contributed by atoms with Crippen molar-refractivity contribution in [1.29, 1.82) is 0 Å². The molecule has 0 aliphatic heterocycles. The van der Waals surface area contributed by atoms with Crippen molar-refractivity contribution >= 4 is 11.0 Å². The highest BCUT2D eigenvalue weighted by atomic mass is 16.1. The van der Waals surface area contributed by atoms with Gasteiger partial charge in [0.25, 0.3) is 0 Å². The van der Waals surface area contributed by atoms with E-state index >= 15 is 0 Å². The van der Waals surface area contributed by atoms with Gasteiger partial charge < -0.3 is 5.32 Å². The van der Waals surface area contributed by atoms with E-state index in [1.807, 2.05) is 14.1 Å². The van der Waals surface area contributed by atoms with E-state index in [0.717, 1.165) is 23.5 Å². The number of fused-ring (bicyclic) bond motifs is 1. The van der Waals surface area contributed by atoms with Gasteiger partial charge in [0, 0.05) is 26.2 Å². The summed E-state index contributed by atoms with van der Waals surface area (Å²) in [5.41, 5.74) is 4.76. The minimum Gasteiger partial charge on any atom is -0.307 e. The summed E-state index contributed by atoms with van der Waals surface area (Å²) in [6, 6.07) is 6.46. The van der Waals surface area contributed by atoms with Gasteiger partial charge in [-0.25, -0.2) is 4.79 Å². The van der Waals surface area contributed by atoms with Crippen LogP contribution in [0.1, 0.15) is 57.9 Å². The van der Waals surface area contributed by atoms with Crippen molar-refractivity contribution in [1.82, 2.24) is 14.5 Å². The van der Waals surface area contributed by atoms with E-state index in [9.17, 15) is 4.79 Å². The van der Waals surface area contributed by atoms with Gasteiger partial charge in [0.1, 0.15) is 0 Å². The van der Waals surface area contributed by atoms with Crippen LogP contribution in [-0.2, 0) is 20.6 Å². The molecule has 4 saturated carbocycles. The van der Waals surface area contributed by atoms with E-state index in [-0.39, 0.29) is 5.69 Å². The summed E-state index contributed by atoms with van der Waals surface area (Å²) in [5.74, 6) is 0.908. The summed E-state index contributed by atoms with van der Waals surface area (Å²) in [4.78, 5) is 12.2. The molecule has 1 heterocycles. The van der Waals surface area contributed by atoms with Crippen LogP contribution in [0.2, 0.25) is 0 Å². The lowest BCUT2D eigenvalue weighted by Crippen LogP contribution is -2.63. The summed E-state index contributed by atoms with van der Waals surface area (Å²) in [5, 5.41) is 4.01. The maximum Gasteiger partial charge on any atom is 0.328 e. The van der Waals surface area contributed by atoms with Gasteiger partial charge in [0.2, 0.25) is 0 Å². The van der Waals surface area contributed by atoms with E-state index in [0.29, 0.717) is 16.4 Å². The lowest BCUT2D eigenvalue weighted by molar-refractivity contribution is -0.118. The Labute approximate surface area is 155 Å². The molecule has 1 aromatic heterocycles. The molecule has 0 saturated heterocycles.